The van der Waals surface area contributed by atoms with E-state index in [4.69, 9.17) is 0 Å². The van der Waals surface area contributed by atoms with Gasteiger partial charge in [0, 0.05) is 5.41 Å². The second-order valence-corrected chi connectivity index (χ2v) is 8.18. The van der Waals surface area contributed by atoms with E-state index in [1.165, 1.54) is 51.4 Å². The SMILES string of the molecule is CC12C=CC=C1C1CCC3CCCCC3(C)C1CC2. The summed E-state index contributed by atoms with van der Waals surface area (Å²) in [6.07, 6.45) is 19.2. The molecule has 0 aromatic rings. The molecular formula is C19H28. The maximum Gasteiger partial charge on any atom is 0.00717 e. The first-order chi connectivity index (χ1) is 9.13. The molecule has 0 heterocycles. The summed E-state index contributed by atoms with van der Waals surface area (Å²) in [6.45, 7) is 5.13. The highest BCUT2D eigenvalue weighted by Crippen LogP contribution is 2.63. The number of fused-ring (bicyclic) bond motifs is 5. The first kappa shape index (κ1) is 12.2. The number of hydrogen-bond donors (Lipinski definition) is 0. The molecule has 0 N–H and O–H groups in total. The predicted octanol–water partition coefficient (Wildman–Crippen LogP) is 5.51. The molecule has 19 heavy (non-hydrogen) atoms. The molecule has 3 saturated carbocycles. The van der Waals surface area contributed by atoms with Crippen molar-refractivity contribution in [3.05, 3.63) is 23.8 Å². The minimum atomic E-state index is 0.430. The summed E-state index contributed by atoms with van der Waals surface area (Å²) in [5.74, 6) is 2.95. The third kappa shape index (κ3) is 1.58. The van der Waals surface area contributed by atoms with Crippen LogP contribution >= 0.6 is 0 Å². The summed E-state index contributed by atoms with van der Waals surface area (Å²) < 4.78 is 0. The van der Waals surface area contributed by atoms with Crippen molar-refractivity contribution in [2.75, 3.05) is 0 Å². The molecule has 0 amide bonds. The van der Waals surface area contributed by atoms with E-state index in [2.05, 4.69) is 32.1 Å². The Hall–Kier alpha value is -0.520. The Morgan fingerprint density at radius 3 is 2.79 bits per heavy atom. The Balaban J connectivity index is 1.69. The Bertz CT molecular complexity index is 443. The Labute approximate surface area is 118 Å². The zero-order valence-corrected chi connectivity index (χ0v) is 12.6. The van der Waals surface area contributed by atoms with Crippen molar-refractivity contribution in [2.24, 2.45) is 28.6 Å². The highest BCUT2D eigenvalue weighted by atomic mass is 14.6. The normalized spacial score (nSPS) is 52.1. The minimum absolute atomic E-state index is 0.430. The van der Waals surface area contributed by atoms with Gasteiger partial charge < -0.3 is 0 Å². The fourth-order valence-electron chi connectivity index (χ4n) is 6.22. The lowest BCUT2D eigenvalue weighted by molar-refractivity contribution is -0.0470. The lowest BCUT2D eigenvalue weighted by atomic mass is 9.47. The minimum Gasteiger partial charge on any atom is -0.0745 e. The van der Waals surface area contributed by atoms with Crippen LogP contribution in [0, 0.1) is 28.6 Å². The fraction of sp³-hybridized carbons (Fsp3) is 0.789. The van der Waals surface area contributed by atoms with Crippen molar-refractivity contribution < 1.29 is 0 Å². The largest absolute Gasteiger partial charge is 0.0745 e. The molecule has 4 rings (SSSR count). The Morgan fingerprint density at radius 2 is 1.89 bits per heavy atom. The number of rotatable bonds is 0. The molecule has 0 radical (unpaired) electrons. The molecule has 3 fully saturated rings. The van der Waals surface area contributed by atoms with E-state index in [-0.39, 0.29) is 0 Å². The van der Waals surface area contributed by atoms with Gasteiger partial charge in [-0.3, -0.25) is 0 Å². The third-order valence-electron chi connectivity index (χ3n) is 7.38. The molecule has 5 atom stereocenters. The van der Waals surface area contributed by atoms with E-state index in [0.717, 1.165) is 17.8 Å². The van der Waals surface area contributed by atoms with Crippen molar-refractivity contribution in [3.8, 4) is 0 Å². The number of allylic oxidation sites excluding steroid dienone is 4. The number of hydrogen-bond acceptors (Lipinski definition) is 0. The molecule has 0 heteroatoms. The van der Waals surface area contributed by atoms with Gasteiger partial charge in [-0.25, -0.2) is 0 Å². The van der Waals surface area contributed by atoms with Gasteiger partial charge in [0.1, 0.15) is 0 Å². The topological polar surface area (TPSA) is 0 Å². The van der Waals surface area contributed by atoms with E-state index in [0.29, 0.717) is 10.8 Å². The molecule has 0 aromatic carbocycles. The smallest absolute Gasteiger partial charge is 0.00717 e. The molecule has 0 bridgehead atoms. The van der Waals surface area contributed by atoms with E-state index in [1.54, 1.807) is 5.57 Å². The standard InChI is InChI=1S/C19H28/c1-18-11-5-7-16(18)15-9-8-14-6-3-4-12-19(14,2)17(15)10-13-18/h5,7,11,14-15,17H,3-4,6,8-10,12-13H2,1-2H3. The third-order valence-corrected chi connectivity index (χ3v) is 7.38. The molecule has 0 aromatic heterocycles. The highest BCUT2D eigenvalue weighted by molar-refractivity contribution is 5.37. The van der Waals surface area contributed by atoms with E-state index in [1.807, 2.05) is 0 Å². The fourth-order valence-corrected chi connectivity index (χ4v) is 6.22. The van der Waals surface area contributed by atoms with Gasteiger partial charge in [0.15, 0.2) is 0 Å². The monoisotopic (exact) mass is 256 g/mol. The van der Waals surface area contributed by atoms with Crippen molar-refractivity contribution in [2.45, 2.75) is 65.2 Å². The van der Waals surface area contributed by atoms with E-state index < -0.39 is 0 Å². The average Bonchev–Trinajstić information content (AvgIpc) is 2.79. The predicted molar refractivity (Wildman–Crippen MR) is 80.8 cm³/mol. The van der Waals surface area contributed by atoms with Gasteiger partial charge in [-0.2, -0.15) is 0 Å². The Morgan fingerprint density at radius 1 is 1.00 bits per heavy atom. The first-order valence-electron chi connectivity index (χ1n) is 8.53. The van der Waals surface area contributed by atoms with Gasteiger partial charge in [-0.1, -0.05) is 50.5 Å². The highest BCUT2D eigenvalue weighted by Gasteiger charge is 2.53. The maximum atomic E-state index is 2.65. The molecular weight excluding hydrogens is 228 g/mol. The average molecular weight is 256 g/mol. The van der Waals surface area contributed by atoms with E-state index >= 15 is 0 Å². The van der Waals surface area contributed by atoms with Gasteiger partial charge in [0.05, 0.1) is 0 Å². The van der Waals surface area contributed by atoms with Crippen LogP contribution < -0.4 is 0 Å². The van der Waals surface area contributed by atoms with Crippen LogP contribution in [0.5, 0.6) is 0 Å². The molecule has 0 nitrogen and oxygen atoms in total. The first-order valence-corrected chi connectivity index (χ1v) is 8.53. The van der Waals surface area contributed by atoms with Crippen LogP contribution in [0.3, 0.4) is 0 Å². The molecule has 104 valence electrons. The Kier molecular flexibility index (Phi) is 2.57. The van der Waals surface area contributed by atoms with Gasteiger partial charge in [-0.15, -0.1) is 0 Å². The molecule has 4 aliphatic rings. The summed E-state index contributed by atoms with van der Waals surface area (Å²) >= 11 is 0. The van der Waals surface area contributed by atoms with Crippen molar-refractivity contribution >= 4 is 0 Å². The van der Waals surface area contributed by atoms with Crippen LogP contribution in [0.15, 0.2) is 23.8 Å². The van der Waals surface area contributed by atoms with Crippen LogP contribution in [0.4, 0.5) is 0 Å². The summed E-state index contributed by atoms with van der Waals surface area (Å²) in [6, 6.07) is 0. The molecule has 0 saturated heterocycles. The molecule has 0 aliphatic heterocycles. The van der Waals surface area contributed by atoms with Gasteiger partial charge in [-0.05, 0) is 61.7 Å². The van der Waals surface area contributed by atoms with Crippen LogP contribution in [0.1, 0.15) is 65.2 Å². The molecule has 0 spiro atoms. The van der Waals surface area contributed by atoms with Gasteiger partial charge in [0.2, 0.25) is 0 Å². The van der Waals surface area contributed by atoms with Crippen LogP contribution in [-0.2, 0) is 0 Å². The van der Waals surface area contributed by atoms with E-state index in [9.17, 15) is 0 Å². The lowest BCUT2D eigenvalue weighted by Gasteiger charge is -2.58. The second kappa shape index (κ2) is 3.99. The van der Waals surface area contributed by atoms with Gasteiger partial charge in [0.25, 0.3) is 0 Å². The quantitative estimate of drug-likeness (QED) is 0.536. The molecule has 4 aliphatic carbocycles. The summed E-state index contributed by atoms with van der Waals surface area (Å²) in [5.41, 5.74) is 2.90. The summed E-state index contributed by atoms with van der Waals surface area (Å²) in [4.78, 5) is 0. The zero-order valence-electron chi connectivity index (χ0n) is 12.6. The second-order valence-electron chi connectivity index (χ2n) is 8.18. The van der Waals surface area contributed by atoms with Crippen molar-refractivity contribution in [3.63, 3.8) is 0 Å². The van der Waals surface area contributed by atoms with Crippen molar-refractivity contribution in [1.29, 1.82) is 0 Å². The molecule has 5 unspecified atom stereocenters. The lowest BCUT2D eigenvalue weighted by Crippen LogP contribution is -2.49. The van der Waals surface area contributed by atoms with Gasteiger partial charge >= 0.3 is 0 Å². The van der Waals surface area contributed by atoms with Crippen molar-refractivity contribution in [1.82, 2.24) is 0 Å². The maximum absolute atomic E-state index is 2.65. The van der Waals surface area contributed by atoms with Crippen LogP contribution in [0.25, 0.3) is 0 Å². The van der Waals surface area contributed by atoms with Crippen LogP contribution in [-0.4, -0.2) is 0 Å². The van der Waals surface area contributed by atoms with Crippen LogP contribution in [0.2, 0.25) is 0 Å². The zero-order chi connectivity index (χ0) is 13.1. The summed E-state index contributed by atoms with van der Waals surface area (Å²) in [7, 11) is 0. The summed E-state index contributed by atoms with van der Waals surface area (Å²) in [5, 5.41) is 0.